The lowest BCUT2D eigenvalue weighted by molar-refractivity contribution is -0.136. The summed E-state index contributed by atoms with van der Waals surface area (Å²) in [7, 11) is 0. The Kier molecular flexibility index (Phi) is 7.13. The number of primary amides is 1. The van der Waals surface area contributed by atoms with Crippen molar-refractivity contribution in [2.45, 2.75) is 38.9 Å². The molecule has 0 spiro atoms. The number of carboxylic acids is 1. The maximum Gasteiger partial charge on any atom is 0.307 e. The molecular formula is C26H26FNO5. The quantitative estimate of drug-likeness (QED) is 0.456. The molecule has 0 unspecified atom stereocenters. The van der Waals surface area contributed by atoms with Crippen LogP contribution in [0.5, 0.6) is 5.75 Å². The van der Waals surface area contributed by atoms with E-state index in [1.165, 1.54) is 6.07 Å². The van der Waals surface area contributed by atoms with E-state index in [9.17, 15) is 14.7 Å². The molecule has 0 saturated heterocycles. The number of carboxylic acid groups (broad SMARTS) is 1. The predicted octanol–water partition coefficient (Wildman–Crippen LogP) is 3.95. The van der Waals surface area contributed by atoms with E-state index in [0.717, 1.165) is 0 Å². The van der Waals surface area contributed by atoms with Crippen molar-refractivity contribution >= 4 is 11.9 Å². The van der Waals surface area contributed by atoms with Crippen LogP contribution in [0, 0.1) is 5.82 Å². The molecule has 172 valence electrons. The number of benzene rings is 3. The third kappa shape index (κ3) is 6.17. The first-order valence-electron chi connectivity index (χ1n) is 10.4. The number of hydrogen-bond acceptors (Lipinski definition) is 4. The molecule has 6 nitrogen and oxygen atoms in total. The van der Waals surface area contributed by atoms with E-state index in [-0.39, 0.29) is 30.6 Å². The lowest BCUT2D eigenvalue weighted by Gasteiger charge is -2.21. The Labute approximate surface area is 191 Å². The SMILES string of the molecule is CC(C)(O)c1cc(COc2ccccc2CC(=O)O)cc(-c2cccc(CC(N)=O)c2F)c1. The summed E-state index contributed by atoms with van der Waals surface area (Å²) in [6, 6.07) is 16.8. The van der Waals surface area contributed by atoms with Crippen molar-refractivity contribution in [3.63, 3.8) is 0 Å². The van der Waals surface area contributed by atoms with Crippen molar-refractivity contribution in [2.75, 3.05) is 0 Å². The van der Waals surface area contributed by atoms with Crippen LogP contribution in [-0.2, 0) is 34.6 Å². The molecule has 0 radical (unpaired) electrons. The Morgan fingerprint density at radius 1 is 1.00 bits per heavy atom. The molecular weight excluding hydrogens is 425 g/mol. The Balaban J connectivity index is 1.99. The van der Waals surface area contributed by atoms with Gasteiger partial charge in [0.25, 0.3) is 0 Å². The highest BCUT2D eigenvalue weighted by Crippen LogP contribution is 2.31. The van der Waals surface area contributed by atoms with E-state index < -0.39 is 23.3 Å². The lowest BCUT2D eigenvalue weighted by Crippen LogP contribution is -2.16. The van der Waals surface area contributed by atoms with Gasteiger partial charge in [-0.1, -0.05) is 36.4 Å². The summed E-state index contributed by atoms with van der Waals surface area (Å²) in [5.41, 5.74) is 6.75. The Bertz CT molecular complexity index is 1180. The zero-order valence-electron chi connectivity index (χ0n) is 18.5. The topological polar surface area (TPSA) is 110 Å². The molecule has 33 heavy (non-hydrogen) atoms. The summed E-state index contributed by atoms with van der Waals surface area (Å²) in [5.74, 6) is -1.72. The van der Waals surface area contributed by atoms with Gasteiger partial charge in [0, 0.05) is 11.1 Å². The molecule has 3 aromatic rings. The van der Waals surface area contributed by atoms with Crippen molar-refractivity contribution < 1.29 is 28.9 Å². The third-order valence-electron chi connectivity index (χ3n) is 5.16. The zero-order chi connectivity index (χ0) is 24.2. The second-order valence-electron chi connectivity index (χ2n) is 8.37. The molecule has 0 bridgehead atoms. The fourth-order valence-electron chi connectivity index (χ4n) is 3.53. The number of halogens is 1. The smallest absolute Gasteiger partial charge is 0.307 e. The molecule has 0 atom stereocenters. The van der Waals surface area contributed by atoms with Gasteiger partial charge in [-0.3, -0.25) is 9.59 Å². The van der Waals surface area contributed by atoms with Crippen molar-refractivity contribution in [3.05, 3.63) is 88.7 Å². The number of amides is 1. The first-order chi connectivity index (χ1) is 15.5. The van der Waals surface area contributed by atoms with Gasteiger partial charge in [-0.05, 0) is 60.4 Å². The van der Waals surface area contributed by atoms with E-state index in [1.54, 1.807) is 68.4 Å². The summed E-state index contributed by atoms with van der Waals surface area (Å²) in [5, 5.41) is 19.7. The maximum absolute atomic E-state index is 15.1. The standard InChI is InChI=1S/C26H26FNO5/c1-26(2,32)20-11-16(15-33-22-9-4-3-6-17(22)14-24(30)31)10-19(12-20)21-8-5-7-18(25(21)27)13-23(28)29/h3-12,32H,13-15H2,1-2H3,(H2,28,29)(H,30,31). The van der Waals surface area contributed by atoms with E-state index in [2.05, 4.69) is 0 Å². The fourth-order valence-corrected chi connectivity index (χ4v) is 3.53. The maximum atomic E-state index is 15.1. The minimum atomic E-state index is -1.20. The fraction of sp³-hybridized carbons (Fsp3) is 0.231. The van der Waals surface area contributed by atoms with Gasteiger partial charge in [-0.15, -0.1) is 0 Å². The van der Waals surface area contributed by atoms with Crippen LogP contribution < -0.4 is 10.5 Å². The molecule has 4 N–H and O–H groups in total. The lowest BCUT2D eigenvalue weighted by atomic mass is 9.91. The van der Waals surface area contributed by atoms with Crippen LogP contribution >= 0.6 is 0 Å². The van der Waals surface area contributed by atoms with E-state index >= 15 is 4.39 Å². The molecule has 0 saturated carbocycles. The van der Waals surface area contributed by atoms with E-state index in [1.807, 2.05) is 0 Å². The number of para-hydroxylation sites is 1. The summed E-state index contributed by atoms with van der Waals surface area (Å²) < 4.78 is 21.0. The molecule has 0 aliphatic heterocycles. The zero-order valence-corrected chi connectivity index (χ0v) is 18.5. The number of nitrogens with two attached hydrogens (primary N) is 1. The summed E-state index contributed by atoms with van der Waals surface area (Å²) in [6.45, 7) is 3.33. The van der Waals surface area contributed by atoms with Gasteiger partial charge in [-0.25, -0.2) is 4.39 Å². The van der Waals surface area contributed by atoms with Crippen LogP contribution in [0.25, 0.3) is 11.1 Å². The molecule has 0 aliphatic carbocycles. The van der Waals surface area contributed by atoms with Crippen LogP contribution in [0.2, 0.25) is 0 Å². The predicted molar refractivity (Wildman–Crippen MR) is 122 cm³/mol. The summed E-state index contributed by atoms with van der Waals surface area (Å²) >= 11 is 0. The van der Waals surface area contributed by atoms with Gasteiger partial charge < -0.3 is 20.7 Å². The van der Waals surface area contributed by atoms with Crippen LogP contribution in [-0.4, -0.2) is 22.1 Å². The Morgan fingerprint density at radius 3 is 2.36 bits per heavy atom. The van der Waals surface area contributed by atoms with Gasteiger partial charge in [-0.2, -0.15) is 0 Å². The minimum absolute atomic E-state index is 0.0795. The average molecular weight is 451 g/mol. The van der Waals surface area contributed by atoms with Crippen molar-refractivity contribution in [1.29, 1.82) is 0 Å². The Morgan fingerprint density at radius 2 is 1.70 bits per heavy atom. The molecule has 3 aromatic carbocycles. The first kappa shape index (κ1) is 23.9. The van der Waals surface area contributed by atoms with Crippen LogP contribution in [0.15, 0.2) is 60.7 Å². The number of ether oxygens (including phenoxy) is 1. The molecule has 0 aliphatic rings. The van der Waals surface area contributed by atoms with Gasteiger partial charge in [0.2, 0.25) is 5.91 Å². The monoisotopic (exact) mass is 451 g/mol. The van der Waals surface area contributed by atoms with E-state index in [4.69, 9.17) is 15.6 Å². The van der Waals surface area contributed by atoms with Crippen molar-refractivity contribution in [3.8, 4) is 16.9 Å². The second kappa shape index (κ2) is 9.83. The highest BCUT2D eigenvalue weighted by atomic mass is 19.1. The third-order valence-corrected chi connectivity index (χ3v) is 5.16. The van der Waals surface area contributed by atoms with Crippen molar-refractivity contribution in [2.24, 2.45) is 5.73 Å². The number of rotatable bonds is 9. The highest BCUT2D eigenvalue weighted by molar-refractivity contribution is 5.78. The normalized spacial score (nSPS) is 11.3. The van der Waals surface area contributed by atoms with Crippen molar-refractivity contribution in [1.82, 2.24) is 0 Å². The number of hydrogen-bond donors (Lipinski definition) is 3. The van der Waals surface area contributed by atoms with Crippen LogP contribution in [0.4, 0.5) is 4.39 Å². The van der Waals surface area contributed by atoms with Crippen LogP contribution in [0.3, 0.4) is 0 Å². The number of carbonyl (C=O) groups excluding carboxylic acids is 1. The highest BCUT2D eigenvalue weighted by Gasteiger charge is 2.20. The Hall–Kier alpha value is -3.71. The minimum Gasteiger partial charge on any atom is -0.489 e. The van der Waals surface area contributed by atoms with E-state index in [0.29, 0.717) is 28.0 Å². The molecule has 0 heterocycles. The average Bonchev–Trinajstić information content (AvgIpc) is 2.73. The summed E-state index contributed by atoms with van der Waals surface area (Å²) in [4.78, 5) is 22.4. The molecule has 0 fully saturated rings. The molecule has 3 rings (SSSR count). The largest absolute Gasteiger partial charge is 0.489 e. The number of aliphatic carboxylic acids is 1. The van der Waals surface area contributed by atoms with Gasteiger partial charge >= 0.3 is 5.97 Å². The van der Waals surface area contributed by atoms with Gasteiger partial charge in [0.05, 0.1) is 18.4 Å². The second-order valence-corrected chi connectivity index (χ2v) is 8.37. The van der Waals surface area contributed by atoms with Crippen LogP contribution in [0.1, 0.15) is 36.1 Å². The van der Waals surface area contributed by atoms with Gasteiger partial charge in [0.15, 0.2) is 0 Å². The molecule has 7 heteroatoms. The van der Waals surface area contributed by atoms with Gasteiger partial charge in [0.1, 0.15) is 18.2 Å². The number of aliphatic hydroxyl groups is 1. The molecule has 1 amide bonds. The number of carbonyl (C=O) groups is 2. The summed E-state index contributed by atoms with van der Waals surface area (Å²) in [6.07, 6.45) is -0.399. The molecule has 0 aromatic heterocycles. The first-order valence-corrected chi connectivity index (χ1v) is 10.4.